The van der Waals surface area contributed by atoms with E-state index < -0.39 is 0 Å². The number of carbonyl (C=O) groups excluding carboxylic acids is 1. The number of amides is 2. The van der Waals surface area contributed by atoms with Crippen molar-refractivity contribution in [3.63, 3.8) is 0 Å². The van der Waals surface area contributed by atoms with Gasteiger partial charge in [-0.1, -0.05) is 20.3 Å². The molecule has 2 unspecified atom stereocenters. The summed E-state index contributed by atoms with van der Waals surface area (Å²) in [5, 5.41) is 0. The molecule has 4 bridgehead atoms. The van der Waals surface area contributed by atoms with Crippen molar-refractivity contribution in [3.8, 4) is 0 Å². The maximum absolute atomic E-state index is 12.2. The first kappa shape index (κ1) is 22.6. The van der Waals surface area contributed by atoms with Gasteiger partial charge in [0.05, 0.1) is 0 Å². The molecule has 4 saturated carbocycles. The summed E-state index contributed by atoms with van der Waals surface area (Å²) in [5.41, 5.74) is 7.71. The van der Waals surface area contributed by atoms with Gasteiger partial charge in [0.15, 0.2) is 0 Å². The van der Waals surface area contributed by atoms with Crippen molar-refractivity contribution >= 4 is 6.03 Å². The Kier molecular flexibility index (Phi) is 7.23. The molecule has 4 fully saturated rings. The highest BCUT2D eigenvalue weighted by Gasteiger charge is 2.50. The van der Waals surface area contributed by atoms with E-state index in [0.717, 1.165) is 43.7 Å². The number of rotatable bonds is 11. The first-order chi connectivity index (χ1) is 14.9. The quantitative estimate of drug-likeness (QED) is 0.469. The Morgan fingerprint density at radius 3 is 2.29 bits per heavy atom. The third kappa shape index (κ3) is 5.81. The third-order valence-corrected chi connectivity index (χ3v) is 8.84. The van der Waals surface area contributed by atoms with Crippen molar-refractivity contribution in [3.05, 3.63) is 30.1 Å². The van der Waals surface area contributed by atoms with Crippen LogP contribution in [0, 0.1) is 35.0 Å². The Labute approximate surface area is 189 Å². The van der Waals surface area contributed by atoms with Crippen LogP contribution in [-0.2, 0) is 6.42 Å². The van der Waals surface area contributed by atoms with Crippen LogP contribution in [0.4, 0.5) is 4.79 Å². The summed E-state index contributed by atoms with van der Waals surface area (Å²) in [4.78, 5) is 18.3. The number of pyridine rings is 1. The van der Waals surface area contributed by atoms with Gasteiger partial charge in [0, 0.05) is 25.5 Å². The van der Waals surface area contributed by atoms with E-state index in [9.17, 15) is 4.79 Å². The van der Waals surface area contributed by atoms with E-state index in [4.69, 9.17) is 5.73 Å². The number of nitrogens with two attached hydrogens (primary N) is 1. The minimum Gasteiger partial charge on any atom is -0.351 e. The van der Waals surface area contributed by atoms with E-state index in [1.165, 1.54) is 63.4 Å². The predicted molar refractivity (Wildman–Crippen MR) is 126 cm³/mol. The van der Waals surface area contributed by atoms with Crippen LogP contribution in [-0.4, -0.2) is 29.0 Å². The average molecular weight is 426 g/mol. The minimum atomic E-state index is -0.218. The summed E-state index contributed by atoms with van der Waals surface area (Å²) in [6.07, 6.45) is 18.2. The van der Waals surface area contributed by atoms with E-state index in [2.05, 4.69) is 31.0 Å². The molecule has 1 aromatic rings. The number of primary amides is 1. The second-order valence-electron chi connectivity index (χ2n) is 11.5. The molecule has 172 valence electrons. The number of carbonyl (C=O) groups is 1. The molecule has 2 atom stereocenters. The Bertz CT molecular complexity index is 683. The van der Waals surface area contributed by atoms with E-state index in [0.29, 0.717) is 17.3 Å². The minimum absolute atomic E-state index is 0.218. The van der Waals surface area contributed by atoms with Crippen molar-refractivity contribution in [1.29, 1.82) is 0 Å². The van der Waals surface area contributed by atoms with Crippen LogP contribution < -0.4 is 5.73 Å². The zero-order valence-electron chi connectivity index (χ0n) is 19.8. The summed E-state index contributed by atoms with van der Waals surface area (Å²) in [6, 6.07) is 4.03. The first-order valence-electron chi connectivity index (χ1n) is 12.9. The van der Waals surface area contributed by atoms with Crippen molar-refractivity contribution in [2.45, 2.75) is 84.5 Å². The molecule has 4 aliphatic carbocycles. The molecule has 0 saturated heterocycles. The molecule has 31 heavy (non-hydrogen) atoms. The van der Waals surface area contributed by atoms with Gasteiger partial charge in [0.2, 0.25) is 0 Å². The monoisotopic (exact) mass is 425 g/mol. The van der Waals surface area contributed by atoms with Gasteiger partial charge in [-0.25, -0.2) is 4.79 Å². The van der Waals surface area contributed by atoms with Crippen molar-refractivity contribution in [2.24, 2.45) is 40.7 Å². The topological polar surface area (TPSA) is 59.2 Å². The highest BCUT2D eigenvalue weighted by molar-refractivity contribution is 5.71. The van der Waals surface area contributed by atoms with Gasteiger partial charge in [-0.3, -0.25) is 4.98 Å². The molecular formula is C27H43N3O. The molecule has 1 aromatic heterocycles. The molecule has 4 aliphatic rings. The number of urea groups is 1. The van der Waals surface area contributed by atoms with Gasteiger partial charge >= 0.3 is 6.03 Å². The second kappa shape index (κ2) is 9.92. The van der Waals surface area contributed by atoms with E-state index in [1.54, 1.807) is 0 Å². The molecule has 4 nitrogen and oxygen atoms in total. The smallest absolute Gasteiger partial charge is 0.314 e. The molecule has 0 radical (unpaired) electrons. The lowest BCUT2D eigenvalue weighted by Gasteiger charge is -2.57. The lowest BCUT2D eigenvalue weighted by Crippen LogP contribution is -2.48. The molecule has 1 heterocycles. The standard InChI is InChI=1S/C27H43N3O/c1-3-21(12-20(2)13-22-4-8-29-9-5-22)6-10-30(26(28)31)11-7-27-17-23-14-24(18-27)16-25(15-23)19-27/h4-5,8-9,20-21,23-25H,3,6-7,10-19H2,1-2H3,(H2,28,31). The van der Waals surface area contributed by atoms with Crippen LogP contribution in [0.5, 0.6) is 0 Å². The molecule has 2 N–H and O–H groups in total. The van der Waals surface area contributed by atoms with Crippen molar-refractivity contribution < 1.29 is 4.79 Å². The summed E-state index contributed by atoms with van der Waals surface area (Å²) in [7, 11) is 0. The number of aromatic nitrogens is 1. The Morgan fingerprint density at radius 2 is 1.74 bits per heavy atom. The van der Waals surface area contributed by atoms with Crippen molar-refractivity contribution in [2.75, 3.05) is 13.1 Å². The summed E-state index contributed by atoms with van der Waals surface area (Å²) < 4.78 is 0. The van der Waals surface area contributed by atoms with Gasteiger partial charge in [0.25, 0.3) is 0 Å². The molecule has 0 spiro atoms. The molecule has 2 amide bonds. The second-order valence-corrected chi connectivity index (χ2v) is 11.5. The van der Waals surface area contributed by atoms with Crippen LogP contribution in [0.3, 0.4) is 0 Å². The normalized spacial score (nSPS) is 30.8. The lowest BCUT2D eigenvalue weighted by atomic mass is 9.49. The maximum Gasteiger partial charge on any atom is 0.314 e. The van der Waals surface area contributed by atoms with Gasteiger partial charge < -0.3 is 10.6 Å². The predicted octanol–water partition coefficient (Wildman–Crippen LogP) is 6.05. The molecule has 0 aliphatic heterocycles. The van der Waals surface area contributed by atoms with Gasteiger partial charge in [-0.05, 0) is 117 Å². The average Bonchev–Trinajstić information content (AvgIpc) is 2.72. The maximum atomic E-state index is 12.2. The van der Waals surface area contributed by atoms with Gasteiger partial charge in [0.1, 0.15) is 0 Å². The first-order valence-corrected chi connectivity index (χ1v) is 12.9. The molecular weight excluding hydrogens is 382 g/mol. The van der Waals surface area contributed by atoms with Crippen LogP contribution >= 0.6 is 0 Å². The van der Waals surface area contributed by atoms with Crippen LogP contribution in [0.15, 0.2) is 24.5 Å². The van der Waals surface area contributed by atoms with E-state index in [1.807, 2.05) is 17.3 Å². The number of hydrogen-bond acceptors (Lipinski definition) is 2. The van der Waals surface area contributed by atoms with Crippen molar-refractivity contribution in [1.82, 2.24) is 9.88 Å². The fraction of sp³-hybridized carbons (Fsp3) is 0.778. The highest BCUT2D eigenvalue weighted by atomic mass is 16.2. The van der Waals surface area contributed by atoms with E-state index in [-0.39, 0.29) is 6.03 Å². The fourth-order valence-electron chi connectivity index (χ4n) is 7.70. The summed E-state index contributed by atoms with van der Waals surface area (Å²) in [6.45, 7) is 6.32. The Hall–Kier alpha value is -1.58. The number of hydrogen-bond donors (Lipinski definition) is 1. The highest BCUT2D eigenvalue weighted by Crippen LogP contribution is 2.61. The molecule has 0 aromatic carbocycles. The molecule has 5 rings (SSSR count). The van der Waals surface area contributed by atoms with Crippen LogP contribution in [0.1, 0.15) is 83.6 Å². The van der Waals surface area contributed by atoms with Gasteiger partial charge in [-0.15, -0.1) is 0 Å². The zero-order chi connectivity index (χ0) is 21.8. The fourth-order valence-corrected chi connectivity index (χ4v) is 7.70. The van der Waals surface area contributed by atoms with Crippen LogP contribution in [0.25, 0.3) is 0 Å². The van der Waals surface area contributed by atoms with Gasteiger partial charge in [-0.2, -0.15) is 0 Å². The number of nitrogens with zero attached hydrogens (tertiary/aromatic N) is 2. The largest absolute Gasteiger partial charge is 0.351 e. The summed E-state index contributed by atoms with van der Waals surface area (Å²) >= 11 is 0. The summed E-state index contributed by atoms with van der Waals surface area (Å²) in [5.74, 6) is 4.21. The third-order valence-electron chi connectivity index (χ3n) is 8.84. The molecule has 4 heteroatoms. The Balaban J connectivity index is 1.25. The zero-order valence-corrected chi connectivity index (χ0v) is 19.8. The Morgan fingerprint density at radius 1 is 1.13 bits per heavy atom. The SMILES string of the molecule is CCC(CCN(CCC12CC3CC(CC(C3)C1)C2)C(N)=O)CC(C)Cc1ccncc1. The van der Waals surface area contributed by atoms with E-state index >= 15 is 0 Å². The lowest BCUT2D eigenvalue weighted by molar-refractivity contribution is -0.0596. The van der Waals surface area contributed by atoms with Crippen LogP contribution in [0.2, 0.25) is 0 Å².